The molecule has 1 aromatic rings. The van der Waals surface area contributed by atoms with Gasteiger partial charge in [0.1, 0.15) is 0 Å². The van der Waals surface area contributed by atoms with Crippen LogP contribution in [0.2, 0.25) is 0 Å². The van der Waals surface area contributed by atoms with Crippen LogP contribution in [-0.4, -0.2) is 22.6 Å². The summed E-state index contributed by atoms with van der Waals surface area (Å²) in [5.41, 5.74) is 0.125. The SMILES string of the molecule is CCCCCCCCNc1nc(C(=O)O)cs1. The third kappa shape index (κ3) is 5.68. The number of nitrogens with zero attached hydrogens (tertiary/aromatic N) is 1. The van der Waals surface area contributed by atoms with E-state index >= 15 is 0 Å². The molecule has 1 rings (SSSR count). The molecule has 0 saturated carbocycles. The van der Waals surface area contributed by atoms with E-state index in [-0.39, 0.29) is 5.69 Å². The highest BCUT2D eigenvalue weighted by atomic mass is 32.1. The maximum absolute atomic E-state index is 10.6. The Labute approximate surface area is 106 Å². The maximum Gasteiger partial charge on any atom is 0.355 e. The molecule has 0 aliphatic carbocycles. The Morgan fingerprint density at radius 3 is 2.71 bits per heavy atom. The molecule has 0 aromatic carbocycles. The molecule has 0 aliphatic rings. The lowest BCUT2D eigenvalue weighted by Crippen LogP contribution is -2.02. The number of aromatic nitrogens is 1. The highest BCUT2D eigenvalue weighted by Gasteiger charge is 2.07. The Balaban J connectivity index is 2.07. The van der Waals surface area contributed by atoms with Gasteiger partial charge < -0.3 is 10.4 Å². The zero-order chi connectivity index (χ0) is 12.5. The van der Waals surface area contributed by atoms with E-state index in [9.17, 15) is 4.79 Å². The molecule has 17 heavy (non-hydrogen) atoms. The predicted molar refractivity (Wildman–Crippen MR) is 70.9 cm³/mol. The Morgan fingerprint density at radius 2 is 2.06 bits per heavy atom. The second kappa shape index (κ2) is 8.06. The molecule has 0 saturated heterocycles. The normalized spacial score (nSPS) is 10.4. The van der Waals surface area contributed by atoms with Crippen molar-refractivity contribution in [1.29, 1.82) is 0 Å². The fraction of sp³-hybridized carbons (Fsp3) is 0.667. The van der Waals surface area contributed by atoms with Gasteiger partial charge in [-0.3, -0.25) is 0 Å². The highest BCUT2D eigenvalue weighted by molar-refractivity contribution is 7.13. The maximum atomic E-state index is 10.6. The van der Waals surface area contributed by atoms with E-state index in [1.165, 1.54) is 43.4 Å². The average Bonchev–Trinajstić information content (AvgIpc) is 2.77. The van der Waals surface area contributed by atoms with Gasteiger partial charge in [-0.15, -0.1) is 11.3 Å². The summed E-state index contributed by atoms with van der Waals surface area (Å²) < 4.78 is 0. The standard InChI is InChI=1S/C12H20N2O2S/c1-2-3-4-5-6-7-8-13-12-14-10(9-17-12)11(15)16/h9H,2-8H2,1H3,(H,13,14)(H,15,16). The van der Waals surface area contributed by atoms with Crippen molar-refractivity contribution in [1.82, 2.24) is 4.98 Å². The number of unbranched alkanes of at least 4 members (excludes halogenated alkanes) is 5. The summed E-state index contributed by atoms with van der Waals surface area (Å²) in [6.07, 6.45) is 7.54. The molecule has 2 N–H and O–H groups in total. The van der Waals surface area contributed by atoms with Gasteiger partial charge in [-0.05, 0) is 6.42 Å². The van der Waals surface area contributed by atoms with Gasteiger partial charge >= 0.3 is 5.97 Å². The molecule has 0 fully saturated rings. The first-order chi connectivity index (χ1) is 8.24. The molecule has 4 nitrogen and oxygen atoms in total. The number of carboxylic acid groups (broad SMARTS) is 1. The Morgan fingerprint density at radius 1 is 1.35 bits per heavy atom. The molecule has 0 spiro atoms. The number of hydrogen-bond acceptors (Lipinski definition) is 4. The zero-order valence-electron chi connectivity index (χ0n) is 10.2. The number of aromatic carboxylic acids is 1. The van der Waals surface area contributed by atoms with Crippen molar-refractivity contribution in [2.45, 2.75) is 45.4 Å². The largest absolute Gasteiger partial charge is 0.476 e. The predicted octanol–water partition coefficient (Wildman–Crippen LogP) is 3.61. The number of carboxylic acids is 1. The minimum absolute atomic E-state index is 0.125. The van der Waals surface area contributed by atoms with Crippen LogP contribution in [0.1, 0.15) is 55.9 Å². The second-order valence-corrected chi connectivity index (χ2v) is 4.90. The molecular weight excluding hydrogens is 236 g/mol. The average molecular weight is 256 g/mol. The van der Waals surface area contributed by atoms with Crippen LogP contribution >= 0.6 is 11.3 Å². The van der Waals surface area contributed by atoms with E-state index in [4.69, 9.17) is 5.11 Å². The van der Waals surface area contributed by atoms with Crippen molar-refractivity contribution in [3.8, 4) is 0 Å². The Bertz CT molecular complexity index is 339. The summed E-state index contributed by atoms with van der Waals surface area (Å²) in [6, 6.07) is 0. The summed E-state index contributed by atoms with van der Waals surface area (Å²) in [5, 5.41) is 14.1. The fourth-order valence-corrected chi connectivity index (χ4v) is 2.27. The van der Waals surface area contributed by atoms with E-state index in [1.807, 2.05) is 0 Å². The number of thiazole rings is 1. The molecule has 0 unspecified atom stereocenters. The summed E-state index contributed by atoms with van der Waals surface area (Å²) >= 11 is 1.35. The van der Waals surface area contributed by atoms with Crippen molar-refractivity contribution in [3.63, 3.8) is 0 Å². The smallest absolute Gasteiger partial charge is 0.355 e. The van der Waals surface area contributed by atoms with Crippen molar-refractivity contribution < 1.29 is 9.90 Å². The Kier molecular flexibility index (Phi) is 6.62. The van der Waals surface area contributed by atoms with E-state index in [0.717, 1.165) is 13.0 Å². The van der Waals surface area contributed by atoms with Gasteiger partial charge in [-0.25, -0.2) is 9.78 Å². The third-order valence-electron chi connectivity index (χ3n) is 2.53. The minimum Gasteiger partial charge on any atom is -0.476 e. The van der Waals surface area contributed by atoms with Crippen LogP contribution < -0.4 is 5.32 Å². The van der Waals surface area contributed by atoms with Crippen molar-refractivity contribution in [2.24, 2.45) is 0 Å². The number of anilines is 1. The molecule has 0 amide bonds. The lowest BCUT2D eigenvalue weighted by Gasteiger charge is -2.02. The molecule has 0 bridgehead atoms. The van der Waals surface area contributed by atoms with Crippen LogP contribution in [0.4, 0.5) is 5.13 Å². The molecule has 96 valence electrons. The van der Waals surface area contributed by atoms with E-state index in [0.29, 0.717) is 5.13 Å². The first-order valence-corrected chi connectivity index (χ1v) is 7.04. The lowest BCUT2D eigenvalue weighted by atomic mass is 10.1. The van der Waals surface area contributed by atoms with Gasteiger partial charge in [0, 0.05) is 11.9 Å². The van der Waals surface area contributed by atoms with Gasteiger partial charge in [0.25, 0.3) is 0 Å². The third-order valence-corrected chi connectivity index (χ3v) is 3.33. The highest BCUT2D eigenvalue weighted by Crippen LogP contribution is 2.15. The van der Waals surface area contributed by atoms with Crippen LogP contribution in [-0.2, 0) is 0 Å². The van der Waals surface area contributed by atoms with E-state index in [2.05, 4.69) is 17.2 Å². The fourth-order valence-electron chi connectivity index (χ4n) is 1.55. The molecular formula is C12H20N2O2S. The molecule has 0 radical (unpaired) electrons. The van der Waals surface area contributed by atoms with Gasteiger partial charge in [0.05, 0.1) is 0 Å². The summed E-state index contributed by atoms with van der Waals surface area (Å²) in [5.74, 6) is -0.964. The van der Waals surface area contributed by atoms with Crippen LogP contribution in [0, 0.1) is 0 Å². The van der Waals surface area contributed by atoms with E-state index in [1.54, 1.807) is 5.38 Å². The van der Waals surface area contributed by atoms with Crippen LogP contribution in [0.5, 0.6) is 0 Å². The monoisotopic (exact) mass is 256 g/mol. The van der Waals surface area contributed by atoms with Gasteiger partial charge in [0.15, 0.2) is 10.8 Å². The van der Waals surface area contributed by atoms with Crippen LogP contribution in [0.3, 0.4) is 0 Å². The summed E-state index contributed by atoms with van der Waals surface area (Å²) in [6.45, 7) is 3.09. The molecule has 0 atom stereocenters. The quantitative estimate of drug-likeness (QED) is 0.662. The first kappa shape index (κ1) is 14.0. The van der Waals surface area contributed by atoms with Crippen molar-refractivity contribution in [2.75, 3.05) is 11.9 Å². The number of nitrogens with one attached hydrogen (secondary N) is 1. The molecule has 5 heteroatoms. The van der Waals surface area contributed by atoms with E-state index < -0.39 is 5.97 Å². The number of rotatable bonds is 9. The topological polar surface area (TPSA) is 62.2 Å². The van der Waals surface area contributed by atoms with Gasteiger partial charge in [-0.2, -0.15) is 0 Å². The first-order valence-electron chi connectivity index (χ1n) is 6.16. The minimum atomic E-state index is -0.964. The lowest BCUT2D eigenvalue weighted by molar-refractivity contribution is 0.0691. The van der Waals surface area contributed by atoms with Crippen LogP contribution in [0.25, 0.3) is 0 Å². The number of hydrogen-bond donors (Lipinski definition) is 2. The molecule has 0 aliphatic heterocycles. The van der Waals surface area contributed by atoms with Gasteiger partial charge in [0.2, 0.25) is 0 Å². The summed E-state index contributed by atoms with van der Waals surface area (Å²) in [4.78, 5) is 14.6. The molecule has 1 aromatic heterocycles. The summed E-state index contributed by atoms with van der Waals surface area (Å²) in [7, 11) is 0. The second-order valence-electron chi connectivity index (χ2n) is 4.04. The van der Waals surface area contributed by atoms with Gasteiger partial charge in [-0.1, -0.05) is 39.0 Å². The Hall–Kier alpha value is -1.10. The van der Waals surface area contributed by atoms with Crippen molar-refractivity contribution in [3.05, 3.63) is 11.1 Å². The zero-order valence-corrected chi connectivity index (χ0v) is 11.1. The van der Waals surface area contributed by atoms with Crippen molar-refractivity contribution >= 4 is 22.4 Å². The number of carbonyl (C=O) groups is 1. The van der Waals surface area contributed by atoms with Crippen LogP contribution in [0.15, 0.2) is 5.38 Å². The molecule has 1 heterocycles.